The highest BCUT2D eigenvalue weighted by molar-refractivity contribution is 9.09. The van der Waals surface area contributed by atoms with Crippen LogP contribution in [-0.2, 0) is 19.1 Å². The predicted octanol–water partition coefficient (Wildman–Crippen LogP) is 11.0. The summed E-state index contributed by atoms with van der Waals surface area (Å²) < 4.78 is 10.9. The molecule has 0 aliphatic rings. The molecule has 0 saturated heterocycles. The maximum atomic E-state index is 12.7. The Morgan fingerprint density at radius 1 is 0.623 bits per heavy atom. The Morgan fingerprint density at radius 2 is 1.00 bits per heavy atom. The number of nitrogens with zero attached hydrogens (tertiary/aromatic N) is 2. The smallest absolute Gasteiger partial charge is 0.331 e. The van der Waals surface area contributed by atoms with Crippen LogP contribution in [0.2, 0.25) is 0 Å². The molecule has 0 heterocycles. The lowest BCUT2D eigenvalue weighted by atomic mass is 10.0. The molecule has 0 fully saturated rings. The number of carbonyl (C=O) groups excluding carboxylic acids is 2. The second-order valence-electron chi connectivity index (χ2n) is 13.9. The maximum absolute atomic E-state index is 12.7. The third-order valence-electron chi connectivity index (χ3n) is 6.90. The summed E-state index contributed by atoms with van der Waals surface area (Å²) in [5, 5.41) is 1.04. The van der Waals surface area contributed by atoms with Crippen LogP contribution >= 0.6 is 15.9 Å². The molecule has 0 N–H and O–H groups in total. The molecule has 0 unspecified atom stereocenters. The van der Waals surface area contributed by atoms with Crippen molar-refractivity contribution < 1.29 is 19.1 Å². The van der Waals surface area contributed by atoms with Crippen molar-refractivity contribution in [2.75, 3.05) is 11.9 Å². The molecule has 0 bridgehead atoms. The maximum Gasteiger partial charge on any atom is 0.331 e. The number of benzene rings is 4. The second kappa shape index (κ2) is 23.6. The largest absolute Gasteiger partial charge is 0.459 e. The summed E-state index contributed by atoms with van der Waals surface area (Å²) in [4.78, 5) is 33.9. The van der Waals surface area contributed by atoms with Gasteiger partial charge in [-0.1, -0.05) is 149 Å². The molecule has 0 saturated carbocycles. The Morgan fingerprint density at radius 3 is 1.32 bits per heavy atom. The number of allylic oxidation sites excluding steroid dienone is 2. The average Bonchev–Trinajstić information content (AvgIpc) is 3.13. The molecule has 53 heavy (non-hydrogen) atoms. The number of hydrogen-bond acceptors (Lipinski definition) is 6. The van der Waals surface area contributed by atoms with Gasteiger partial charge in [-0.15, -0.1) is 13.2 Å². The minimum atomic E-state index is -0.567. The SMILES string of the molecule is C=CCCBr.C=CCC[C@H](N=C(c1ccccc1)c1ccccc1)C(=O)OC(C)(C)C.CC(C)(C)OC(=O)CN=C(c1ccccc1)c1ccccc1. The van der Waals surface area contributed by atoms with Crippen LogP contribution in [0.4, 0.5) is 0 Å². The van der Waals surface area contributed by atoms with Crippen molar-refractivity contribution in [3.8, 4) is 0 Å². The first-order valence-corrected chi connectivity index (χ1v) is 19.0. The van der Waals surface area contributed by atoms with E-state index < -0.39 is 17.2 Å². The molecule has 6 nitrogen and oxygen atoms in total. The van der Waals surface area contributed by atoms with E-state index in [1.165, 1.54) is 0 Å². The lowest BCUT2D eigenvalue weighted by molar-refractivity contribution is -0.156. The van der Waals surface area contributed by atoms with Crippen molar-refractivity contribution in [3.63, 3.8) is 0 Å². The molecular weight excluding hydrogens is 724 g/mol. The summed E-state index contributed by atoms with van der Waals surface area (Å²) >= 11 is 3.24. The van der Waals surface area contributed by atoms with Gasteiger partial charge in [-0.3, -0.25) is 14.8 Å². The number of esters is 2. The van der Waals surface area contributed by atoms with Gasteiger partial charge in [0, 0.05) is 27.6 Å². The van der Waals surface area contributed by atoms with Crippen LogP contribution in [0.1, 0.15) is 83.1 Å². The van der Waals surface area contributed by atoms with E-state index >= 15 is 0 Å². The summed E-state index contributed by atoms with van der Waals surface area (Å²) in [6.07, 6.45) is 6.03. The van der Waals surface area contributed by atoms with Crippen molar-refractivity contribution in [1.82, 2.24) is 0 Å². The van der Waals surface area contributed by atoms with E-state index in [9.17, 15) is 9.59 Å². The number of carbonyl (C=O) groups is 2. The summed E-state index contributed by atoms with van der Waals surface area (Å²) in [6.45, 7) is 18.5. The minimum absolute atomic E-state index is 0.0103. The van der Waals surface area contributed by atoms with Gasteiger partial charge < -0.3 is 9.47 Å². The van der Waals surface area contributed by atoms with E-state index in [1.807, 2.05) is 169 Å². The number of ether oxygens (including phenoxy) is 2. The van der Waals surface area contributed by atoms with Gasteiger partial charge in [0.2, 0.25) is 0 Å². The van der Waals surface area contributed by atoms with Crippen LogP contribution in [0.3, 0.4) is 0 Å². The van der Waals surface area contributed by atoms with E-state index in [1.54, 1.807) is 6.08 Å². The van der Waals surface area contributed by atoms with Crippen molar-refractivity contribution in [3.05, 3.63) is 169 Å². The van der Waals surface area contributed by atoms with Crippen LogP contribution in [0.25, 0.3) is 0 Å². The molecule has 0 aliphatic carbocycles. The third kappa shape index (κ3) is 18.4. The molecule has 0 spiro atoms. The normalized spacial score (nSPS) is 11.2. The van der Waals surface area contributed by atoms with Gasteiger partial charge in [0.05, 0.1) is 11.4 Å². The van der Waals surface area contributed by atoms with Crippen molar-refractivity contribution in [2.45, 2.75) is 78.0 Å². The lowest BCUT2D eigenvalue weighted by Crippen LogP contribution is -2.31. The van der Waals surface area contributed by atoms with Crippen molar-refractivity contribution >= 4 is 39.3 Å². The topological polar surface area (TPSA) is 77.3 Å². The van der Waals surface area contributed by atoms with Crippen LogP contribution < -0.4 is 0 Å². The molecule has 0 amide bonds. The van der Waals surface area contributed by atoms with Gasteiger partial charge in [0.1, 0.15) is 23.8 Å². The molecule has 7 heteroatoms. The van der Waals surface area contributed by atoms with Gasteiger partial charge in [-0.05, 0) is 60.8 Å². The Balaban J connectivity index is 0.000000329. The molecule has 0 aromatic heterocycles. The first kappa shape index (κ1) is 44.3. The fourth-order valence-electron chi connectivity index (χ4n) is 4.68. The molecule has 0 radical (unpaired) electrons. The van der Waals surface area contributed by atoms with Gasteiger partial charge in [-0.25, -0.2) is 4.79 Å². The van der Waals surface area contributed by atoms with Gasteiger partial charge >= 0.3 is 11.9 Å². The molecule has 4 aromatic rings. The van der Waals surface area contributed by atoms with E-state index in [4.69, 9.17) is 14.5 Å². The molecular formula is C46H55BrN2O4. The van der Waals surface area contributed by atoms with E-state index in [0.717, 1.165) is 45.4 Å². The second-order valence-corrected chi connectivity index (χ2v) is 14.7. The van der Waals surface area contributed by atoms with E-state index in [2.05, 4.69) is 34.1 Å². The van der Waals surface area contributed by atoms with Crippen LogP contribution in [0.15, 0.2) is 157 Å². The zero-order valence-electron chi connectivity index (χ0n) is 32.1. The number of hydrogen-bond donors (Lipinski definition) is 0. The fourth-order valence-corrected chi connectivity index (χ4v) is 5.00. The van der Waals surface area contributed by atoms with E-state index in [-0.39, 0.29) is 18.5 Å². The Hall–Kier alpha value is -4.88. The summed E-state index contributed by atoms with van der Waals surface area (Å²) in [7, 11) is 0. The van der Waals surface area contributed by atoms with Crippen LogP contribution in [0, 0.1) is 0 Å². The van der Waals surface area contributed by atoms with Crippen LogP contribution in [0.5, 0.6) is 0 Å². The Labute approximate surface area is 325 Å². The minimum Gasteiger partial charge on any atom is -0.459 e. The van der Waals surface area contributed by atoms with Gasteiger partial charge in [0.15, 0.2) is 0 Å². The molecule has 280 valence electrons. The summed E-state index contributed by atoms with van der Waals surface area (Å²) in [6, 6.07) is 39.0. The first-order valence-electron chi connectivity index (χ1n) is 17.8. The van der Waals surface area contributed by atoms with Gasteiger partial charge in [0.25, 0.3) is 0 Å². The summed E-state index contributed by atoms with van der Waals surface area (Å²) in [5.41, 5.74) is 4.48. The highest BCUT2D eigenvalue weighted by Gasteiger charge is 2.25. The van der Waals surface area contributed by atoms with Crippen molar-refractivity contribution in [2.24, 2.45) is 9.98 Å². The Bertz CT molecular complexity index is 1640. The average molecular weight is 780 g/mol. The quantitative estimate of drug-likeness (QED) is 0.0586. The van der Waals surface area contributed by atoms with Gasteiger partial charge in [-0.2, -0.15) is 0 Å². The summed E-state index contributed by atoms with van der Waals surface area (Å²) in [5.74, 6) is -0.624. The molecule has 4 rings (SSSR count). The zero-order valence-corrected chi connectivity index (χ0v) is 33.7. The highest BCUT2D eigenvalue weighted by Crippen LogP contribution is 2.18. The zero-order chi connectivity index (χ0) is 39.1. The first-order chi connectivity index (χ1) is 25.3. The molecule has 1 atom stereocenters. The standard InChI is InChI=1S/C23H27NO2.C19H21NO2.C4H7Br/c1-5-6-17-20(22(25)26-23(2,3)4)24-21(18-13-9-7-10-14-18)19-15-11-8-12-16-19;1-19(2,3)22-17(21)14-20-18(15-10-6-4-7-11-15)16-12-8-5-9-13-16;1-2-3-4-5/h5,7-16,20H,1,6,17H2,2-4H3;4-13H,14H2,1-3H3;2H,1,3-4H2/t20-;;/m0../s1. The number of rotatable bonds is 13. The Kier molecular flexibility index (Phi) is 19.7. The van der Waals surface area contributed by atoms with Crippen molar-refractivity contribution in [1.29, 1.82) is 0 Å². The number of halogens is 1. The third-order valence-corrected chi connectivity index (χ3v) is 7.35. The molecule has 4 aromatic carbocycles. The van der Waals surface area contributed by atoms with Crippen LogP contribution in [-0.4, -0.2) is 52.5 Å². The monoisotopic (exact) mass is 778 g/mol. The van der Waals surface area contributed by atoms with E-state index in [0.29, 0.717) is 12.8 Å². The fraction of sp³-hybridized carbons (Fsp3) is 0.304. The lowest BCUT2D eigenvalue weighted by Gasteiger charge is -2.23. The number of alkyl halides is 1. The number of aliphatic imine (C=N–C) groups is 2. The molecule has 0 aliphatic heterocycles. The predicted molar refractivity (Wildman–Crippen MR) is 225 cm³/mol. The highest BCUT2D eigenvalue weighted by atomic mass is 79.9.